The molecule has 2 unspecified atom stereocenters. The van der Waals surface area contributed by atoms with Crippen LogP contribution < -0.4 is 5.73 Å². The van der Waals surface area contributed by atoms with Gasteiger partial charge in [0.2, 0.25) is 5.91 Å². The molecule has 1 amide bonds. The summed E-state index contributed by atoms with van der Waals surface area (Å²) >= 11 is 0. The van der Waals surface area contributed by atoms with Crippen LogP contribution in [0.25, 0.3) is 0 Å². The number of rotatable bonds is 7. The van der Waals surface area contributed by atoms with Gasteiger partial charge in [0.15, 0.2) is 0 Å². The van der Waals surface area contributed by atoms with Gasteiger partial charge in [0.25, 0.3) is 0 Å². The van der Waals surface area contributed by atoms with E-state index in [1.165, 1.54) is 4.90 Å². The molecule has 1 heterocycles. The van der Waals surface area contributed by atoms with E-state index in [4.69, 9.17) is 10.8 Å². The van der Waals surface area contributed by atoms with Crippen molar-refractivity contribution in [2.75, 3.05) is 13.1 Å². The maximum Gasteiger partial charge on any atom is 0.311 e. The van der Waals surface area contributed by atoms with Gasteiger partial charge < -0.3 is 20.8 Å². The number of aliphatic carboxylic acids is 2. The lowest BCUT2D eigenvalue weighted by molar-refractivity contribution is -0.155. The minimum absolute atomic E-state index is 0.0680. The van der Waals surface area contributed by atoms with Gasteiger partial charge in [-0.3, -0.25) is 14.4 Å². The summed E-state index contributed by atoms with van der Waals surface area (Å²) in [5.74, 6) is -2.22. The smallest absolute Gasteiger partial charge is 0.311 e. The molecular formula is C14H24N2O5. The Labute approximate surface area is 124 Å². The number of likely N-dealkylation sites (tertiary alicyclic amines) is 1. The number of nitrogens with zero attached hydrogens (tertiary/aromatic N) is 1. The van der Waals surface area contributed by atoms with Crippen LogP contribution in [0.2, 0.25) is 0 Å². The highest BCUT2D eigenvalue weighted by Crippen LogP contribution is 2.35. The molecule has 0 aromatic carbocycles. The van der Waals surface area contributed by atoms with Crippen molar-refractivity contribution in [2.24, 2.45) is 11.1 Å². The van der Waals surface area contributed by atoms with Crippen molar-refractivity contribution in [1.82, 2.24) is 4.90 Å². The van der Waals surface area contributed by atoms with Gasteiger partial charge in [-0.25, -0.2) is 0 Å². The Balaban J connectivity index is 2.72. The Morgan fingerprint density at radius 2 is 2.00 bits per heavy atom. The van der Waals surface area contributed by atoms with Crippen molar-refractivity contribution in [1.29, 1.82) is 0 Å². The monoisotopic (exact) mass is 300 g/mol. The summed E-state index contributed by atoms with van der Waals surface area (Å²) in [5.41, 5.74) is 4.84. The summed E-state index contributed by atoms with van der Waals surface area (Å²) in [6.07, 6.45) is 2.35. The predicted molar refractivity (Wildman–Crippen MR) is 75.6 cm³/mol. The van der Waals surface area contributed by atoms with Gasteiger partial charge in [-0.15, -0.1) is 0 Å². The summed E-state index contributed by atoms with van der Waals surface area (Å²) in [7, 11) is 0. The summed E-state index contributed by atoms with van der Waals surface area (Å²) in [6.45, 7) is 2.57. The Morgan fingerprint density at radius 3 is 2.52 bits per heavy atom. The number of piperidine rings is 1. The molecule has 2 atom stereocenters. The number of carbonyl (C=O) groups is 3. The average molecular weight is 300 g/mol. The lowest BCUT2D eigenvalue weighted by Crippen LogP contribution is -2.53. The highest BCUT2D eigenvalue weighted by molar-refractivity contribution is 5.84. The highest BCUT2D eigenvalue weighted by Gasteiger charge is 2.43. The van der Waals surface area contributed by atoms with Gasteiger partial charge in [-0.05, 0) is 25.7 Å². The quantitative estimate of drug-likeness (QED) is 0.635. The standard InChI is InChI=1S/C14H24N2O5/c1-2-6-14(13(20)21)7-3-8-16(9-14)12(19)10(15)4-5-11(17)18/h10H,2-9,15H2,1H3,(H,17,18)(H,20,21). The molecule has 0 aromatic heterocycles. The molecule has 0 aliphatic carbocycles. The van der Waals surface area contributed by atoms with Gasteiger partial charge in [-0.2, -0.15) is 0 Å². The minimum Gasteiger partial charge on any atom is -0.481 e. The van der Waals surface area contributed by atoms with Crippen LogP contribution in [0.1, 0.15) is 45.4 Å². The van der Waals surface area contributed by atoms with E-state index >= 15 is 0 Å². The van der Waals surface area contributed by atoms with Crippen LogP contribution in [0.15, 0.2) is 0 Å². The number of amides is 1. The fourth-order valence-electron chi connectivity index (χ4n) is 2.92. The first-order chi connectivity index (χ1) is 9.82. The van der Waals surface area contributed by atoms with E-state index in [-0.39, 0.29) is 25.3 Å². The number of carbonyl (C=O) groups excluding carboxylic acids is 1. The first-order valence-electron chi connectivity index (χ1n) is 7.32. The van der Waals surface area contributed by atoms with Crippen molar-refractivity contribution in [3.05, 3.63) is 0 Å². The molecule has 0 saturated carbocycles. The molecule has 1 fully saturated rings. The maximum absolute atomic E-state index is 12.2. The molecule has 7 heteroatoms. The molecule has 1 saturated heterocycles. The molecular weight excluding hydrogens is 276 g/mol. The summed E-state index contributed by atoms with van der Waals surface area (Å²) in [6, 6.07) is -0.882. The van der Waals surface area contributed by atoms with Crippen LogP contribution >= 0.6 is 0 Å². The maximum atomic E-state index is 12.2. The van der Waals surface area contributed by atoms with Gasteiger partial charge in [0, 0.05) is 19.5 Å². The van der Waals surface area contributed by atoms with Gasteiger partial charge in [0.1, 0.15) is 0 Å². The van der Waals surface area contributed by atoms with Crippen molar-refractivity contribution in [3.63, 3.8) is 0 Å². The normalized spacial score (nSPS) is 23.6. The van der Waals surface area contributed by atoms with Crippen LogP contribution in [0.4, 0.5) is 0 Å². The zero-order chi connectivity index (χ0) is 16.0. The summed E-state index contributed by atoms with van der Waals surface area (Å²) < 4.78 is 0. The third-order valence-corrected chi connectivity index (χ3v) is 4.06. The van der Waals surface area contributed by atoms with Crippen LogP contribution in [-0.2, 0) is 14.4 Å². The first kappa shape index (κ1) is 17.4. The van der Waals surface area contributed by atoms with Crippen LogP contribution in [-0.4, -0.2) is 52.1 Å². The minimum atomic E-state index is -0.997. The third-order valence-electron chi connectivity index (χ3n) is 4.06. The Hall–Kier alpha value is -1.63. The van der Waals surface area contributed by atoms with Gasteiger partial charge in [-0.1, -0.05) is 13.3 Å². The third kappa shape index (κ3) is 4.42. The molecule has 1 rings (SSSR count). The van der Waals surface area contributed by atoms with Crippen molar-refractivity contribution < 1.29 is 24.6 Å². The number of carboxylic acids is 2. The molecule has 0 radical (unpaired) electrons. The molecule has 0 spiro atoms. The highest BCUT2D eigenvalue weighted by atomic mass is 16.4. The number of hydrogen-bond acceptors (Lipinski definition) is 4. The van der Waals surface area contributed by atoms with Crippen molar-refractivity contribution in [3.8, 4) is 0 Å². The fraction of sp³-hybridized carbons (Fsp3) is 0.786. The fourth-order valence-corrected chi connectivity index (χ4v) is 2.92. The van der Waals surface area contributed by atoms with E-state index in [1.807, 2.05) is 6.92 Å². The topological polar surface area (TPSA) is 121 Å². The lowest BCUT2D eigenvalue weighted by atomic mass is 9.76. The van der Waals surface area contributed by atoms with Gasteiger partial charge >= 0.3 is 11.9 Å². The summed E-state index contributed by atoms with van der Waals surface area (Å²) in [4.78, 5) is 35.8. The zero-order valence-electron chi connectivity index (χ0n) is 12.4. The molecule has 4 N–H and O–H groups in total. The van der Waals surface area contributed by atoms with E-state index in [2.05, 4.69) is 0 Å². The Morgan fingerprint density at radius 1 is 1.33 bits per heavy atom. The molecule has 1 aliphatic heterocycles. The van der Waals surface area contributed by atoms with E-state index in [0.717, 1.165) is 6.42 Å². The van der Waals surface area contributed by atoms with Crippen LogP contribution in [0.3, 0.4) is 0 Å². The average Bonchev–Trinajstić information content (AvgIpc) is 2.44. The molecule has 0 aromatic rings. The van der Waals surface area contributed by atoms with E-state index in [0.29, 0.717) is 25.8 Å². The van der Waals surface area contributed by atoms with E-state index in [9.17, 15) is 19.5 Å². The molecule has 1 aliphatic rings. The molecule has 120 valence electrons. The Kier molecular flexibility index (Phi) is 6.14. The lowest BCUT2D eigenvalue weighted by Gasteiger charge is -2.40. The van der Waals surface area contributed by atoms with Crippen molar-refractivity contribution in [2.45, 2.75) is 51.5 Å². The number of hydrogen-bond donors (Lipinski definition) is 3. The second kappa shape index (κ2) is 7.40. The SMILES string of the molecule is CCCC1(C(=O)O)CCCN(C(=O)C(N)CCC(=O)O)C1. The first-order valence-corrected chi connectivity index (χ1v) is 7.32. The largest absolute Gasteiger partial charge is 0.481 e. The van der Waals surface area contributed by atoms with E-state index in [1.54, 1.807) is 0 Å². The number of nitrogens with two attached hydrogens (primary N) is 1. The Bertz CT molecular complexity index is 408. The van der Waals surface area contributed by atoms with E-state index < -0.39 is 23.4 Å². The second-order valence-corrected chi connectivity index (χ2v) is 5.74. The van der Waals surface area contributed by atoms with Gasteiger partial charge in [0.05, 0.1) is 11.5 Å². The second-order valence-electron chi connectivity index (χ2n) is 5.74. The molecule has 0 bridgehead atoms. The summed E-state index contributed by atoms with van der Waals surface area (Å²) in [5, 5.41) is 18.1. The van der Waals surface area contributed by atoms with Crippen LogP contribution in [0.5, 0.6) is 0 Å². The van der Waals surface area contributed by atoms with Crippen LogP contribution in [0, 0.1) is 5.41 Å². The number of carboxylic acid groups (broad SMARTS) is 2. The molecule has 21 heavy (non-hydrogen) atoms. The zero-order valence-corrected chi connectivity index (χ0v) is 12.4. The van der Waals surface area contributed by atoms with Crippen molar-refractivity contribution >= 4 is 17.8 Å². The molecule has 7 nitrogen and oxygen atoms in total. The predicted octanol–water partition coefficient (Wildman–Crippen LogP) is 0.672.